The van der Waals surface area contributed by atoms with Crippen molar-refractivity contribution in [1.82, 2.24) is 24.5 Å². The number of benzene rings is 8. The summed E-state index contributed by atoms with van der Waals surface area (Å²) in [5, 5.41) is 13.1. The van der Waals surface area contributed by atoms with E-state index in [0.29, 0.717) is 28.3 Å². The zero-order chi connectivity index (χ0) is 43.0. The van der Waals surface area contributed by atoms with Crippen molar-refractivity contribution in [2.24, 2.45) is 0 Å². The minimum atomic E-state index is 0.430. The first-order valence-corrected chi connectivity index (χ1v) is 21.3. The van der Waals surface area contributed by atoms with E-state index in [-0.39, 0.29) is 0 Å². The molecule has 0 spiro atoms. The van der Waals surface area contributed by atoms with Gasteiger partial charge in [-0.2, -0.15) is 5.26 Å². The number of aryl methyl sites for hydroxylation is 1. The highest BCUT2D eigenvalue weighted by Gasteiger charge is 2.26. The highest BCUT2D eigenvalue weighted by molar-refractivity contribution is 6.11. The Bertz CT molecular complexity index is 3280. The first-order chi connectivity index (χ1) is 31.6. The van der Waals surface area contributed by atoms with Gasteiger partial charge < -0.3 is 4.57 Å². The summed E-state index contributed by atoms with van der Waals surface area (Å²) in [6, 6.07) is 74.8. The highest BCUT2D eigenvalue weighted by atomic mass is 15.0. The van der Waals surface area contributed by atoms with Gasteiger partial charge in [-0.25, -0.2) is 19.9 Å². The van der Waals surface area contributed by atoms with Crippen molar-refractivity contribution in [3.8, 4) is 90.7 Å². The molecule has 0 fully saturated rings. The molecule has 300 valence electrons. The molecule has 0 saturated heterocycles. The van der Waals surface area contributed by atoms with Crippen molar-refractivity contribution >= 4 is 21.8 Å². The third-order valence-electron chi connectivity index (χ3n) is 11.7. The number of aromatic nitrogens is 5. The maximum Gasteiger partial charge on any atom is 0.162 e. The van der Waals surface area contributed by atoms with Gasteiger partial charge in [0.2, 0.25) is 0 Å². The average molecular weight is 819 g/mol. The van der Waals surface area contributed by atoms with E-state index in [9.17, 15) is 5.26 Å². The summed E-state index contributed by atoms with van der Waals surface area (Å²) in [7, 11) is 0. The van der Waals surface area contributed by atoms with E-state index in [1.807, 2.05) is 97.1 Å². The van der Waals surface area contributed by atoms with E-state index < -0.39 is 0 Å². The molecule has 3 heterocycles. The van der Waals surface area contributed by atoms with Gasteiger partial charge in [0.1, 0.15) is 0 Å². The van der Waals surface area contributed by atoms with Crippen molar-refractivity contribution in [3.63, 3.8) is 0 Å². The molecule has 0 radical (unpaired) electrons. The third-order valence-corrected chi connectivity index (χ3v) is 11.7. The maximum atomic E-state index is 10.9. The predicted octanol–water partition coefficient (Wildman–Crippen LogP) is 14.2. The van der Waals surface area contributed by atoms with Crippen molar-refractivity contribution in [3.05, 3.63) is 223 Å². The maximum absolute atomic E-state index is 10.9. The number of nitriles is 1. The fraction of sp³-hybridized carbons (Fsp3) is 0.0172. The van der Waals surface area contributed by atoms with Gasteiger partial charge >= 0.3 is 0 Å². The Balaban J connectivity index is 1.29. The molecule has 0 atom stereocenters. The number of hydrogen-bond acceptors (Lipinski definition) is 5. The fourth-order valence-electron chi connectivity index (χ4n) is 8.58. The summed E-state index contributed by atoms with van der Waals surface area (Å²) in [4.78, 5) is 21.5. The molecular weight excluding hydrogens is 781 g/mol. The van der Waals surface area contributed by atoms with Gasteiger partial charge in [0, 0.05) is 44.2 Å². The fourth-order valence-corrected chi connectivity index (χ4v) is 8.58. The van der Waals surface area contributed by atoms with Crippen LogP contribution >= 0.6 is 0 Å². The smallest absolute Gasteiger partial charge is 0.162 e. The van der Waals surface area contributed by atoms with Gasteiger partial charge in [0.05, 0.1) is 51.1 Å². The first kappa shape index (κ1) is 38.2. The molecule has 0 amide bonds. The van der Waals surface area contributed by atoms with Gasteiger partial charge in [-0.3, -0.25) is 0 Å². The van der Waals surface area contributed by atoms with Crippen molar-refractivity contribution in [2.75, 3.05) is 0 Å². The Morgan fingerprint density at radius 1 is 0.375 bits per heavy atom. The highest BCUT2D eigenvalue weighted by Crippen LogP contribution is 2.43. The normalized spacial score (nSPS) is 11.2. The van der Waals surface area contributed by atoms with Gasteiger partial charge in [-0.15, -0.1) is 0 Å². The first-order valence-electron chi connectivity index (χ1n) is 21.3. The Morgan fingerprint density at radius 3 is 1.23 bits per heavy atom. The minimum Gasteiger partial charge on any atom is -0.308 e. The Hall–Kier alpha value is -8.79. The monoisotopic (exact) mass is 818 g/mol. The molecule has 8 aromatic carbocycles. The number of nitrogens with zero attached hydrogens (tertiary/aromatic N) is 6. The Morgan fingerprint density at radius 2 is 0.781 bits per heavy atom. The number of fused-ring (bicyclic) bond motifs is 3. The Labute approximate surface area is 371 Å². The summed E-state index contributed by atoms with van der Waals surface area (Å²) in [6.45, 7) is 2.11. The molecule has 0 unspecified atom stereocenters. The lowest BCUT2D eigenvalue weighted by Gasteiger charge is -2.20. The van der Waals surface area contributed by atoms with Crippen LogP contribution in [0.1, 0.15) is 11.1 Å². The van der Waals surface area contributed by atoms with Crippen LogP contribution in [-0.2, 0) is 0 Å². The summed E-state index contributed by atoms with van der Waals surface area (Å²) in [6.07, 6.45) is 0. The lowest BCUT2D eigenvalue weighted by Crippen LogP contribution is -2.06. The molecule has 11 aromatic rings. The van der Waals surface area contributed by atoms with E-state index in [1.165, 1.54) is 5.56 Å². The second-order valence-electron chi connectivity index (χ2n) is 15.9. The molecule has 3 aromatic heterocycles. The van der Waals surface area contributed by atoms with E-state index in [0.717, 1.165) is 83.6 Å². The zero-order valence-corrected chi connectivity index (χ0v) is 34.9. The van der Waals surface area contributed by atoms with Crippen molar-refractivity contribution in [1.29, 1.82) is 5.26 Å². The van der Waals surface area contributed by atoms with Gasteiger partial charge in [0.25, 0.3) is 0 Å². The van der Waals surface area contributed by atoms with E-state index in [4.69, 9.17) is 19.9 Å². The van der Waals surface area contributed by atoms with Crippen LogP contribution in [0.5, 0.6) is 0 Å². The van der Waals surface area contributed by atoms with Crippen LogP contribution in [0.3, 0.4) is 0 Å². The predicted molar refractivity (Wildman–Crippen MR) is 259 cm³/mol. The molecule has 0 bridgehead atoms. The van der Waals surface area contributed by atoms with Crippen LogP contribution in [0.4, 0.5) is 0 Å². The zero-order valence-electron chi connectivity index (χ0n) is 34.9. The number of rotatable bonds is 8. The third kappa shape index (κ3) is 7.07. The standard InChI is InChI=1S/C58H38N6/c1-38-26-28-40(29-27-38)45-30-31-47-46-24-14-15-25-54(46)64(55(47)34-45)56-48(57-60-50(41-16-6-2-7-17-41)35-51(61-57)42-18-8-3-9-19-42)32-39(37-59)33-49(56)58-62-52(43-20-10-4-11-21-43)36-53(63-58)44-22-12-5-13-23-44/h2-36H,1H3. The molecule has 0 saturated carbocycles. The molecule has 0 aliphatic rings. The molecule has 11 rings (SSSR count). The second kappa shape index (κ2) is 16.2. The largest absolute Gasteiger partial charge is 0.308 e. The number of hydrogen-bond donors (Lipinski definition) is 0. The molecule has 0 aliphatic carbocycles. The average Bonchev–Trinajstić information content (AvgIpc) is 3.70. The minimum absolute atomic E-state index is 0.430. The Kier molecular flexibility index (Phi) is 9.68. The van der Waals surface area contributed by atoms with Crippen LogP contribution in [-0.4, -0.2) is 24.5 Å². The molecule has 0 aliphatic heterocycles. The van der Waals surface area contributed by atoms with Crippen molar-refractivity contribution in [2.45, 2.75) is 6.92 Å². The second-order valence-corrected chi connectivity index (χ2v) is 15.9. The lowest BCUT2D eigenvalue weighted by atomic mass is 9.98. The number of para-hydroxylation sites is 1. The quantitative estimate of drug-likeness (QED) is 0.153. The molecular formula is C58H38N6. The molecule has 0 N–H and O–H groups in total. The molecule has 6 heteroatoms. The van der Waals surface area contributed by atoms with Crippen LogP contribution in [0.15, 0.2) is 212 Å². The summed E-state index contributed by atoms with van der Waals surface area (Å²) >= 11 is 0. The van der Waals surface area contributed by atoms with Crippen molar-refractivity contribution < 1.29 is 0 Å². The van der Waals surface area contributed by atoms with Gasteiger partial charge in [0.15, 0.2) is 11.6 Å². The van der Waals surface area contributed by atoms with Crippen LogP contribution in [0.25, 0.3) is 106 Å². The van der Waals surface area contributed by atoms with Crippen LogP contribution < -0.4 is 0 Å². The van der Waals surface area contributed by atoms with E-state index in [2.05, 4.69) is 133 Å². The van der Waals surface area contributed by atoms with Crippen LogP contribution in [0.2, 0.25) is 0 Å². The van der Waals surface area contributed by atoms with Gasteiger partial charge in [-0.1, -0.05) is 181 Å². The van der Waals surface area contributed by atoms with Gasteiger partial charge in [-0.05, 0) is 54.4 Å². The SMILES string of the molecule is Cc1ccc(-c2ccc3c4ccccc4n(-c4c(-c5nc(-c6ccccc6)cc(-c6ccccc6)n5)cc(C#N)cc4-c4nc(-c5ccccc5)cc(-c5ccccc5)n4)c3c2)cc1. The molecule has 64 heavy (non-hydrogen) atoms. The lowest BCUT2D eigenvalue weighted by molar-refractivity contribution is 1.12. The van der Waals surface area contributed by atoms with E-state index >= 15 is 0 Å². The van der Waals surface area contributed by atoms with Crippen LogP contribution in [0, 0.1) is 18.3 Å². The topological polar surface area (TPSA) is 80.3 Å². The summed E-state index contributed by atoms with van der Waals surface area (Å²) in [5.41, 5.74) is 14.7. The summed E-state index contributed by atoms with van der Waals surface area (Å²) < 4.78 is 2.30. The molecule has 6 nitrogen and oxygen atoms in total. The summed E-state index contributed by atoms with van der Waals surface area (Å²) in [5.74, 6) is 0.938. The van der Waals surface area contributed by atoms with E-state index in [1.54, 1.807) is 0 Å².